The quantitative estimate of drug-likeness (QED) is 0.347. The zero-order valence-corrected chi connectivity index (χ0v) is 19.7. The summed E-state index contributed by atoms with van der Waals surface area (Å²) in [5.41, 5.74) is 6.46. The van der Waals surface area contributed by atoms with Crippen LogP contribution in [0.1, 0.15) is 5.69 Å². The molecule has 6 rings (SSSR count). The molecule has 1 fully saturated rings. The smallest absolute Gasteiger partial charge is 0.152 e. The number of pyridine rings is 2. The number of hydrogen-bond acceptors (Lipinski definition) is 4. The summed E-state index contributed by atoms with van der Waals surface area (Å²) in [6.45, 7) is 6.03. The van der Waals surface area contributed by atoms with Crippen LogP contribution in [0.2, 0.25) is 0 Å². The van der Waals surface area contributed by atoms with Crippen molar-refractivity contribution in [2.24, 2.45) is 0 Å². The molecular formula is C28H25F2N5. The maximum absolute atomic E-state index is 14.4. The van der Waals surface area contributed by atoms with Crippen LogP contribution in [0.3, 0.4) is 0 Å². The molecule has 0 atom stereocenters. The third kappa shape index (κ3) is 3.91. The first-order valence-corrected chi connectivity index (χ1v) is 11.7. The number of imidazole rings is 1. The largest absolute Gasteiger partial charge is 0.369 e. The SMILES string of the molecule is Cc1cc(-c2cnc3cc(-c4ccc(N5CCN(C)CC5)cc4)ccn23)c2cc(F)cc(F)c2n1. The van der Waals surface area contributed by atoms with E-state index in [-0.39, 0.29) is 5.52 Å². The number of aryl methyl sites for hydroxylation is 1. The van der Waals surface area contributed by atoms with Crippen molar-refractivity contribution in [3.8, 4) is 22.4 Å². The second-order valence-corrected chi connectivity index (χ2v) is 9.22. The van der Waals surface area contributed by atoms with E-state index in [2.05, 4.69) is 51.1 Å². The highest BCUT2D eigenvalue weighted by atomic mass is 19.1. The third-order valence-corrected chi connectivity index (χ3v) is 6.82. The molecule has 4 heterocycles. The molecule has 35 heavy (non-hydrogen) atoms. The number of anilines is 1. The van der Waals surface area contributed by atoms with Gasteiger partial charge >= 0.3 is 0 Å². The molecule has 0 radical (unpaired) electrons. The summed E-state index contributed by atoms with van der Waals surface area (Å²) < 4.78 is 30.4. The Kier molecular flexibility index (Phi) is 5.22. The van der Waals surface area contributed by atoms with Gasteiger partial charge in [0.05, 0.1) is 11.9 Å². The van der Waals surface area contributed by atoms with Gasteiger partial charge in [0.25, 0.3) is 0 Å². The average Bonchev–Trinajstić information content (AvgIpc) is 3.28. The monoisotopic (exact) mass is 469 g/mol. The molecule has 0 spiro atoms. The molecule has 5 nitrogen and oxygen atoms in total. The fourth-order valence-corrected chi connectivity index (χ4v) is 4.88. The number of aromatic nitrogens is 3. The van der Waals surface area contributed by atoms with Gasteiger partial charge in [-0.05, 0) is 61.5 Å². The van der Waals surface area contributed by atoms with E-state index in [1.165, 1.54) is 11.8 Å². The van der Waals surface area contributed by atoms with Crippen LogP contribution in [-0.4, -0.2) is 52.5 Å². The van der Waals surface area contributed by atoms with Crippen LogP contribution in [0.4, 0.5) is 14.5 Å². The van der Waals surface area contributed by atoms with Gasteiger partial charge in [0, 0.05) is 60.8 Å². The van der Waals surface area contributed by atoms with Crippen LogP contribution in [0, 0.1) is 18.6 Å². The van der Waals surface area contributed by atoms with Crippen LogP contribution in [0.15, 0.2) is 67.0 Å². The minimum atomic E-state index is -0.666. The minimum absolute atomic E-state index is 0.161. The maximum atomic E-state index is 14.4. The van der Waals surface area contributed by atoms with E-state index < -0.39 is 11.6 Å². The number of benzene rings is 2. The molecule has 5 aromatic rings. The Bertz CT molecular complexity index is 1550. The summed E-state index contributed by atoms with van der Waals surface area (Å²) in [6.07, 6.45) is 3.70. The molecule has 1 saturated heterocycles. The zero-order valence-electron chi connectivity index (χ0n) is 19.7. The highest BCUT2D eigenvalue weighted by Crippen LogP contribution is 2.32. The van der Waals surface area contributed by atoms with Crippen molar-refractivity contribution < 1.29 is 8.78 Å². The van der Waals surface area contributed by atoms with Crippen molar-refractivity contribution in [3.63, 3.8) is 0 Å². The summed E-state index contributed by atoms with van der Waals surface area (Å²) in [6, 6.07) is 16.8. The van der Waals surface area contributed by atoms with E-state index in [0.717, 1.165) is 54.7 Å². The fourth-order valence-electron chi connectivity index (χ4n) is 4.88. The molecular weight excluding hydrogens is 444 g/mol. The molecule has 0 amide bonds. The number of rotatable bonds is 3. The average molecular weight is 470 g/mol. The first-order chi connectivity index (χ1) is 17.0. The Labute approximate surface area is 202 Å². The molecule has 176 valence electrons. The minimum Gasteiger partial charge on any atom is -0.369 e. The lowest BCUT2D eigenvalue weighted by Gasteiger charge is -2.34. The Morgan fingerprint density at radius 2 is 1.63 bits per heavy atom. The van der Waals surface area contributed by atoms with E-state index in [9.17, 15) is 8.78 Å². The molecule has 7 heteroatoms. The molecule has 2 aromatic carbocycles. The van der Waals surface area contributed by atoms with Crippen molar-refractivity contribution in [1.82, 2.24) is 19.3 Å². The molecule has 0 N–H and O–H groups in total. The van der Waals surface area contributed by atoms with Crippen molar-refractivity contribution in [3.05, 3.63) is 84.3 Å². The Morgan fingerprint density at radius 3 is 2.40 bits per heavy atom. The number of hydrogen-bond donors (Lipinski definition) is 0. The van der Waals surface area contributed by atoms with E-state index in [1.54, 1.807) is 13.1 Å². The topological polar surface area (TPSA) is 36.7 Å². The standard InChI is InChI=1S/C28H25F2N5/c1-18-13-23(24-15-21(29)16-25(30)28(24)32-18)26-17-31-27-14-20(7-8-35(26)27)19-3-5-22(6-4-19)34-11-9-33(2)10-12-34/h3-8,13-17H,9-12H2,1-2H3. The maximum Gasteiger partial charge on any atom is 0.152 e. The van der Waals surface area contributed by atoms with Crippen LogP contribution in [0.5, 0.6) is 0 Å². The van der Waals surface area contributed by atoms with Crippen molar-refractivity contribution in [1.29, 1.82) is 0 Å². The molecule has 0 bridgehead atoms. The Balaban J connectivity index is 1.36. The summed E-state index contributed by atoms with van der Waals surface area (Å²) in [7, 11) is 2.16. The van der Waals surface area contributed by atoms with Crippen LogP contribution in [0.25, 0.3) is 38.9 Å². The summed E-state index contributed by atoms with van der Waals surface area (Å²) in [4.78, 5) is 13.7. The summed E-state index contributed by atoms with van der Waals surface area (Å²) >= 11 is 0. The van der Waals surface area contributed by atoms with Crippen LogP contribution in [-0.2, 0) is 0 Å². The van der Waals surface area contributed by atoms with Gasteiger partial charge in [0.1, 0.15) is 17.0 Å². The van der Waals surface area contributed by atoms with E-state index in [1.807, 2.05) is 28.8 Å². The lowest BCUT2D eigenvalue weighted by atomic mass is 10.0. The molecule has 0 unspecified atom stereocenters. The number of likely N-dealkylation sites (N-methyl/N-ethyl adjacent to an activating group) is 1. The lowest BCUT2D eigenvalue weighted by Crippen LogP contribution is -2.44. The molecule has 0 aliphatic carbocycles. The van der Waals surface area contributed by atoms with Gasteiger partial charge in [-0.2, -0.15) is 0 Å². The summed E-state index contributed by atoms with van der Waals surface area (Å²) in [5.74, 6) is -1.29. The number of halogens is 2. The Hall–Kier alpha value is -3.84. The van der Waals surface area contributed by atoms with Gasteiger partial charge in [0.2, 0.25) is 0 Å². The second-order valence-electron chi connectivity index (χ2n) is 9.22. The number of piperazine rings is 1. The van der Waals surface area contributed by atoms with E-state index in [0.29, 0.717) is 16.6 Å². The first kappa shape index (κ1) is 21.7. The third-order valence-electron chi connectivity index (χ3n) is 6.82. The lowest BCUT2D eigenvalue weighted by molar-refractivity contribution is 0.313. The fraction of sp³-hybridized carbons (Fsp3) is 0.214. The summed E-state index contributed by atoms with van der Waals surface area (Å²) in [5, 5.41) is 0.429. The number of fused-ring (bicyclic) bond motifs is 2. The molecule has 0 saturated carbocycles. The highest BCUT2D eigenvalue weighted by Gasteiger charge is 2.16. The predicted octanol–water partition coefficient (Wildman–Crippen LogP) is 5.55. The Morgan fingerprint density at radius 1 is 0.857 bits per heavy atom. The predicted molar refractivity (Wildman–Crippen MR) is 136 cm³/mol. The van der Waals surface area contributed by atoms with Gasteiger partial charge in [-0.25, -0.2) is 18.7 Å². The van der Waals surface area contributed by atoms with Gasteiger partial charge in [-0.3, -0.25) is 4.40 Å². The molecule has 3 aromatic heterocycles. The second kappa shape index (κ2) is 8.43. The highest BCUT2D eigenvalue weighted by molar-refractivity contribution is 5.94. The number of nitrogens with zero attached hydrogens (tertiary/aromatic N) is 5. The van der Waals surface area contributed by atoms with Crippen molar-refractivity contribution in [2.45, 2.75) is 6.92 Å². The first-order valence-electron chi connectivity index (χ1n) is 11.7. The van der Waals surface area contributed by atoms with E-state index in [4.69, 9.17) is 0 Å². The van der Waals surface area contributed by atoms with Gasteiger partial charge in [-0.15, -0.1) is 0 Å². The zero-order chi connectivity index (χ0) is 24.1. The van der Waals surface area contributed by atoms with Crippen LogP contribution < -0.4 is 4.90 Å². The van der Waals surface area contributed by atoms with Gasteiger partial charge in [-0.1, -0.05) is 12.1 Å². The van der Waals surface area contributed by atoms with E-state index >= 15 is 0 Å². The van der Waals surface area contributed by atoms with Gasteiger partial charge in [0.15, 0.2) is 5.82 Å². The normalized spacial score (nSPS) is 14.8. The van der Waals surface area contributed by atoms with Crippen molar-refractivity contribution >= 4 is 22.2 Å². The molecule has 1 aliphatic heterocycles. The van der Waals surface area contributed by atoms with Crippen LogP contribution >= 0.6 is 0 Å². The van der Waals surface area contributed by atoms with Gasteiger partial charge < -0.3 is 9.80 Å². The molecule has 1 aliphatic rings. The van der Waals surface area contributed by atoms with Crippen molar-refractivity contribution in [2.75, 3.05) is 38.1 Å².